The van der Waals surface area contributed by atoms with Gasteiger partial charge in [-0.1, -0.05) is 19.1 Å². The molecule has 0 radical (unpaired) electrons. The number of aryl methyl sites for hydroxylation is 1. The van der Waals surface area contributed by atoms with Crippen LogP contribution in [0.15, 0.2) is 24.3 Å². The summed E-state index contributed by atoms with van der Waals surface area (Å²) in [6.45, 7) is 2.12. The van der Waals surface area contributed by atoms with E-state index < -0.39 is 0 Å². The van der Waals surface area contributed by atoms with Crippen LogP contribution in [0.25, 0.3) is 0 Å². The minimum Gasteiger partial charge on any atom is -0.467 e. The van der Waals surface area contributed by atoms with Gasteiger partial charge in [-0.05, 0) is 24.1 Å². The van der Waals surface area contributed by atoms with E-state index in [1.165, 1.54) is 12.7 Å². The maximum atomic E-state index is 5.03. The summed E-state index contributed by atoms with van der Waals surface area (Å²) in [5.41, 5.74) is 2.21. The average molecular weight is 259 g/mol. The number of nitrogens with zero attached hydrogens (tertiary/aromatic N) is 3. The normalized spacial score (nSPS) is 10.1. The number of hydrogen-bond acceptors (Lipinski definition) is 6. The first kappa shape index (κ1) is 13.1. The minimum atomic E-state index is 0.270. The van der Waals surface area contributed by atoms with E-state index in [0.29, 0.717) is 11.9 Å². The third-order valence-corrected chi connectivity index (χ3v) is 2.64. The van der Waals surface area contributed by atoms with E-state index in [0.717, 1.165) is 12.1 Å². The van der Waals surface area contributed by atoms with E-state index in [1.807, 2.05) is 12.1 Å². The van der Waals surface area contributed by atoms with Crippen LogP contribution in [0, 0.1) is 0 Å². The summed E-state index contributed by atoms with van der Waals surface area (Å²) in [5, 5.41) is 5.99. The van der Waals surface area contributed by atoms with Crippen molar-refractivity contribution in [3.63, 3.8) is 0 Å². The third-order valence-electron chi connectivity index (χ3n) is 2.64. The van der Waals surface area contributed by atoms with Gasteiger partial charge in [-0.25, -0.2) is 0 Å². The van der Waals surface area contributed by atoms with Crippen molar-refractivity contribution in [3.05, 3.63) is 29.8 Å². The molecule has 6 heteroatoms. The molecule has 6 nitrogen and oxygen atoms in total. The zero-order chi connectivity index (χ0) is 13.7. The molecule has 2 N–H and O–H groups in total. The molecule has 2 aromatic rings. The summed E-state index contributed by atoms with van der Waals surface area (Å²) in [4.78, 5) is 12.4. The number of methoxy groups -OCH3 is 1. The van der Waals surface area contributed by atoms with Crippen LogP contribution in [0.5, 0.6) is 6.01 Å². The van der Waals surface area contributed by atoms with Gasteiger partial charge < -0.3 is 15.4 Å². The highest BCUT2D eigenvalue weighted by molar-refractivity contribution is 5.54. The van der Waals surface area contributed by atoms with Gasteiger partial charge in [-0.15, -0.1) is 0 Å². The van der Waals surface area contributed by atoms with Crippen molar-refractivity contribution >= 4 is 17.6 Å². The van der Waals surface area contributed by atoms with Gasteiger partial charge in [-0.3, -0.25) is 0 Å². The molecule has 0 aliphatic rings. The van der Waals surface area contributed by atoms with Crippen LogP contribution in [0.3, 0.4) is 0 Å². The van der Waals surface area contributed by atoms with E-state index in [4.69, 9.17) is 4.74 Å². The molecule has 0 amide bonds. The molecule has 1 heterocycles. The van der Waals surface area contributed by atoms with Crippen molar-refractivity contribution in [2.45, 2.75) is 13.3 Å². The Bertz CT molecular complexity index is 519. The molecular formula is C13H17N5O. The smallest absolute Gasteiger partial charge is 0.322 e. The predicted octanol–water partition coefficient (Wildman–Crippen LogP) is 2.23. The first-order valence-corrected chi connectivity index (χ1v) is 6.09. The van der Waals surface area contributed by atoms with E-state index >= 15 is 0 Å². The van der Waals surface area contributed by atoms with Crippen LogP contribution < -0.4 is 15.4 Å². The zero-order valence-corrected chi connectivity index (χ0v) is 11.3. The van der Waals surface area contributed by atoms with Gasteiger partial charge in [0, 0.05) is 12.7 Å². The fraction of sp³-hybridized carbons (Fsp3) is 0.308. The van der Waals surface area contributed by atoms with Gasteiger partial charge in [0.25, 0.3) is 0 Å². The average Bonchev–Trinajstić information content (AvgIpc) is 2.47. The largest absolute Gasteiger partial charge is 0.467 e. The van der Waals surface area contributed by atoms with Crippen LogP contribution in [-0.4, -0.2) is 29.1 Å². The molecular weight excluding hydrogens is 242 g/mol. The highest BCUT2D eigenvalue weighted by Crippen LogP contribution is 2.17. The molecule has 0 saturated heterocycles. The lowest BCUT2D eigenvalue weighted by atomic mass is 10.1. The number of hydrogen-bond donors (Lipinski definition) is 2. The molecule has 0 atom stereocenters. The monoisotopic (exact) mass is 259 g/mol. The van der Waals surface area contributed by atoms with Crippen molar-refractivity contribution in [3.8, 4) is 6.01 Å². The van der Waals surface area contributed by atoms with Crippen molar-refractivity contribution in [1.82, 2.24) is 15.0 Å². The predicted molar refractivity (Wildman–Crippen MR) is 75.0 cm³/mol. The summed E-state index contributed by atoms with van der Waals surface area (Å²) in [6, 6.07) is 8.40. The number of aromatic nitrogens is 3. The molecule has 0 unspecified atom stereocenters. The van der Waals surface area contributed by atoms with Crippen molar-refractivity contribution < 1.29 is 4.74 Å². The Labute approximate surface area is 112 Å². The summed E-state index contributed by atoms with van der Waals surface area (Å²) in [5.74, 6) is 0.903. The van der Waals surface area contributed by atoms with Crippen LogP contribution in [0.4, 0.5) is 17.6 Å². The van der Waals surface area contributed by atoms with Crippen molar-refractivity contribution in [2.75, 3.05) is 24.8 Å². The van der Waals surface area contributed by atoms with E-state index in [9.17, 15) is 0 Å². The topological polar surface area (TPSA) is 72.0 Å². The molecule has 0 aliphatic heterocycles. The second kappa shape index (κ2) is 5.99. The summed E-state index contributed by atoms with van der Waals surface area (Å²) in [6.07, 6.45) is 1.02. The van der Waals surface area contributed by atoms with Crippen molar-refractivity contribution in [2.24, 2.45) is 0 Å². The zero-order valence-electron chi connectivity index (χ0n) is 11.3. The Morgan fingerprint density at radius 2 is 1.74 bits per heavy atom. The summed E-state index contributed by atoms with van der Waals surface area (Å²) >= 11 is 0. The summed E-state index contributed by atoms with van der Waals surface area (Å²) < 4.78 is 5.03. The fourth-order valence-corrected chi connectivity index (χ4v) is 1.57. The molecule has 19 heavy (non-hydrogen) atoms. The Hall–Kier alpha value is -2.37. The molecule has 0 saturated carbocycles. The van der Waals surface area contributed by atoms with Crippen LogP contribution in [-0.2, 0) is 6.42 Å². The molecule has 0 bridgehead atoms. The number of rotatable bonds is 5. The highest BCUT2D eigenvalue weighted by atomic mass is 16.5. The molecule has 100 valence electrons. The Morgan fingerprint density at radius 1 is 1.05 bits per heavy atom. The van der Waals surface area contributed by atoms with Gasteiger partial charge in [-0.2, -0.15) is 15.0 Å². The van der Waals surface area contributed by atoms with E-state index in [-0.39, 0.29) is 6.01 Å². The Morgan fingerprint density at radius 3 is 2.32 bits per heavy atom. The van der Waals surface area contributed by atoms with Gasteiger partial charge in [0.2, 0.25) is 11.9 Å². The second-order valence-electron chi connectivity index (χ2n) is 3.89. The minimum absolute atomic E-state index is 0.270. The number of nitrogens with one attached hydrogen (secondary N) is 2. The lowest BCUT2D eigenvalue weighted by Crippen LogP contribution is -2.05. The van der Waals surface area contributed by atoms with Crippen LogP contribution >= 0.6 is 0 Å². The van der Waals surface area contributed by atoms with Gasteiger partial charge in [0.1, 0.15) is 0 Å². The molecule has 0 aliphatic carbocycles. The second-order valence-corrected chi connectivity index (χ2v) is 3.89. The maximum absolute atomic E-state index is 5.03. The Kier molecular flexibility index (Phi) is 4.12. The number of ether oxygens (including phenoxy) is 1. The summed E-state index contributed by atoms with van der Waals surface area (Å²) in [7, 11) is 3.27. The van der Waals surface area contributed by atoms with E-state index in [1.54, 1.807) is 7.05 Å². The van der Waals surface area contributed by atoms with Crippen LogP contribution in [0.2, 0.25) is 0 Å². The van der Waals surface area contributed by atoms with Gasteiger partial charge in [0.15, 0.2) is 0 Å². The van der Waals surface area contributed by atoms with Gasteiger partial charge in [0.05, 0.1) is 7.11 Å². The molecule has 2 rings (SSSR count). The third kappa shape index (κ3) is 3.31. The molecule has 0 spiro atoms. The molecule has 1 aromatic carbocycles. The highest BCUT2D eigenvalue weighted by Gasteiger charge is 2.05. The Balaban J connectivity index is 2.21. The first-order valence-electron chi connectivity index (χ1n) is 6.09. The van der Waals surface area contributed by atoms with E-state index in [2.05, 4.69) is 44.6 Å². The fourth-order valence-electron chi connectivity index (χ4n) is 1.57. The van der Waals surface area contributed by atoms with Crippen molar-refractivity contribution in [1.29, 1.82) is 0 Å². The lowest BCUT2D eigenvalue weighted by molar-refractivity contribution is 0.379. The maximum Gasteiger partial charge on any atom is 0.322 e. The SMILES string of the molecule is CCc1ccc(Nc2nc(NC)nc(OC)n2)cc1. The van der Waals surface area contributed by atoms with Crippen LogP contribution in [0.1, 0.15) is 12.5 Å². The quantitative estimate of drug-likeness (QED) is 0.858. The lowest BCUT2D eigenvalue weighted by Gasteiger charge is -2.08. The molecule has 0 fully saturated rings. The van der Waals surface area contributed by atoms with Gasteiger partial charge >= 0.3 is 6.01 Å². The standard InChI is InChI=1S/C13H17N5O/c1-4-9-5-7-10(8-6-9)15-12-16-11(14-2)17-13(18-12)19-3/h5-8H,4H2,1-3H3,(H2,14,15,16,17,18). The first-order chi connectivity index (χ1) is 9.25. The molecule has 1 aromatic heterocycles. The number of benzene rings is 1. The number of anilines is 3.